The minimum Gasteiger partial charge on any atom is -0.378 e. The largest absolute Gasteiger partial charge is 0.378 e. The number of hydrogen-bond donors (Lipinski definition) is 1. The summed E-state index contributed by atoms with van der Waals surface area (Å²) in [7, 11) is 0. The van der Waals surface area contributed by atoms with Crippen molar-refractivity contribution in [1.29, 1.82) is 0 Å². The number of halogens is 1. The average Bonchev–Trinajstić information content (AvgIpc) is 2.49. The number of benzene rings is 2. The molecule has 0 fully saturated rings. The maximum atomic E-state index is 6.14. The van der Waals surface area contributed by atoms with Crippen LogP contribution in [0.5, 0.6) is 0 Å². The van der Waals surface area contributed by atoms with Gasteiger partial charge in [0.05, 0.1) is 6.04 Å². The van der Waals surface area contributed by atoms with E-state index in [-0.39, 0.29) is 0 Å². The highest BCUT2D eigenvalue weighted by molar-refractivity contribution is 7.99. The van der Waals surface area contributed by atoms with Gasteiger partial charge in [0.1, 0.15) is 0 Å². The number of nitrogens with one attached hydrogen (secondary N) is 1. The molecule has 4 heteroatoms. The predicted octanol–water partition coefficient (Wildman–Crippen LogP) is 5.71. The Hall–Kier alpha value is -0.770. The number of fused-ring (bicyclic) bond motifs is 1. The molecule has 0 aromatic heterocycles. The summed E-state index contributed by atoms with van der Waals surface area (Å²) in [5.41, 5.74) is 2.49. The highest BCUT2D eigenvalue weighted by Crippen LogP contribution is 2.39. The standard InChI is InChI=1S/C16H16ClNS2/c1-19-13-5-3-12(4-6-13)18-15-8-9-20-16-7-2-11(17)10-14(15)16/h2-7,10,15,18H,8-9H2,1H3. The molecular formula is C16H16ClNS2. The summed E-state index contributed by atoms with van der Waals surface area (Å²) < 4.78 is 0. The van der Waals surface area contributed by atoms with Crippen molar-refractivity contribution in [2.45, 2.75) is 22.3 Å². The number of hydrogen-bond acceptors (Lipinski definition) is 3. The molecule has 0 radical (unpaired) electrons. The molecule has 0 saturated carbocycles. The lowest BCUT2D eigenvalue weighted by molar-refractivity contribution is 0.728. The summed E-state index contributed by atoms with van der Waals surface area (Å²) in [6, 6.07) is 15.2. The van der Waals surface area contributed by atoms with Crippen LogP contribution in [-0.4, -0.2) is 12.0 Å². The van der Waals surface area contributed by atoms with Crippen LogP contribution in [0.25, 0.3) is 0 Å². The molecule has 1 atom stereocenters. The summed E-state index contributed by atoms with van der Waals surface area (Å²) in [6.45, 7) is 0. The second-order valence-electron chi connectivity index (χ2n) is 4.74. The summed E-state index contributed by atoms with van der Waals surface area (Å²) in [6.07, 6.45) is 3.22. The van der Waals surface area contributed by atoms with Gasteiger partial charge in [-0.25, -0.2) is 0 Å². The lowest BCUT2D eigenvalue weighted by Gasteiger charge is -2.27. The van der Waals surface area contributed by atoms with Crippen molar-refractivity contribution in [3.63, 3.8) is 0 Å². The molecule has 3 rings (SSSR count). The molecule has 1 nitrogen and oxygen atoms in total. The third-order valence-corrected chi connectivity index (χ3v) is 5.54. The van der Waals surface area contributed by atoms with Crippen molar-refractivity contribution in [1.82, 2.24) is 0 Å². The van der Waals surface area contributed by atoms with Gasteiger partial charge in [-0.15, -0.1) is 23.5 Å². The monoisotopic (exact) mass is 321 g/mol. The lowest BCUT2D eigenvalue weighted by Crippen LogP contribution is -2.16. The summed E-state index contributed by atoms with van der Waals surface area (Å²) in [5, 5.41) is 4.45. The molecule has 0 bridgehead atoms. The zero-order valence-electron chi connectivity index (χ0n) is 11.2. The van der Waals surface area contributed by atoms with Crippen LogP contribution in [0, 0.1) is 0 Å². The van der Waals surface area contributed by atoms with E-state index in [9.17, 15) is 0 Å². The highest BCUT2D eigenvalue weighted by Gasteiger charge is 2.20. The molecule has 1 aliphatic heterocycles. The second kappa shape index (κ2) is 6.33. The topological polar surface area (TPSA) is 12.0 Å². The molecule has 104 valence electrons. The zero-order valence-corrected chi connectivity index (χ0v) is 13.6. The summed E-state index contributed by atoms with van der Waals surface area (Å²) >= 11 is 9.83. The molecule has 0 spiro atoms. The van der Waals surface area contributed by atoms with Gasteiger partial charge in [-0.05, 0) is 60.7 Å². The molecule has 0 aliphatic carbocycles. The van der Waals surface area contributed by atoms with Crippen LogP contribution in [0.4, 0.5) is 5.69 Å². The van der Waals surface area contributed by atoms with E-state index in [1.54, 1.807) is 11.8 Å². The van der Waals surface area contributed by atoms with Gasteiger partial charge in [-0.2, -0.15) is 0 Å². The zero-order chi connectivity index (χ0) is 13.9. The predicted molar refractivity (Wildman–Crippen MR) is 91.4 cm³/mol. The summed E-state index contributed by atoms with van der Waals surface area (Å²) in [5.74, 6) is 1.15. The third kappa shape index (κ3) is 3.11. The van der Waals surface area contributed by atoms with Crippen molar-refractivity contribution < 1.29 is 0 Å². The average molecular weight is 322 g/mol. The minimum atomic E-state index is 0.352. The maximum Gasteiger partial charge on any atom is 0.0533 e. The van der Waals surface area contributed by atoms with E-state index in [2.05, 4.69) is 48.0 Å². The first-order valence-electron chi connectivity index (χ1n) is 6.59. The van der Waals surface area contributed by atoms with E-state index in [4.69, 9.17) is 11.6 Å². The van der Waals surface area contributed by atoms with E-state index in [0.29, 0.717) is 6.04 Å². The van der Waals surface area contributed by atoms with Gasteiger partial charge in [0.2, 0.25) is 0 Å². The molecule has 1 aliphatic rings. The smallest absolute Gasteiger partial charge is 0.0533 e. The Labute approximate surface area is 133 Å². The van der Waals surface area contributed by atoms with Crippen molar-refractivity contribution >= 4 is 40.8 Å². The highest BCUT2D eigenvalue weighted by atomic mass is 35.5. The minimum absolute atomic E-state index is 0.352. The number of rotatable bonds is 3. The first kappa shape index (κ1) is 14.2. The van der Waals surface area contributed by atoms with Crippen LogP contribution in [0.2, 0.25) is 5.02 Å². The quantitative estimate of drug-likeness (QED) is 0.727. The fraction of sp³-hybridized carbons (Fsp3) is 0.250. The molecule has 2 aromatic carbocycles. The Balaban J connectivity index is 1.83. The van der Waals surface area contributed by atoms with E-state index in [0.717, 1.165) is 17.2 Å². The Morgan fingerprint density at radius 1 is 1.20 bits per heavy atom. The van der Waals surface area contributed by atoms with Gasteiger partial charge in [0, 0.05) is 26.3 Å². The van der Waals surface area contributed by atoms with Crippen molar-refractivity contribution in [2.24, 2.45) is 0 Å². The molecular weight excluding hydrogens is 306 g/mol. The molecule has 20 heavy (non-hydrogen) atoms. The Morgan fingerprint density at radius 3 is 2.75 bits per heavy atom. The Kier molecular flexibility index (Phi) is 4.49. The van der Waals surface area contributed by atoms with Crippen LogP contribution in [0.1, 0.15) is 18.0 Å². The van der Waals surface area contributed by atoms with Crippen LogP contribution in [0.3, 0.4) is 0 Å². The van der Waals surface area contributed by atoms with E-state index < -0.39 is 0 Å². The van der Waals surface area contributed by atoms with Crippen LogP contribution in [0.15, 0.2) is 52.3 Å². The third-order valence-electron chi connectivity index (χ3n) is 3.44. The van der Waals surface area contributed by atoms with Gasteiger partial charge in [0.15, 0.2) is 0 Å². The van der Waals surface area contributed by atoms with Gasteiger partial charge in [-0.3, -0.25) is 0 Å². The van der Waals surface area contributed by atoms with Gasteiger partial charge >= 0.3 is 0 Å². The Bertz CT molecular complexity index is 598. The fourth-order valence-electron chi connectivity index (χ4n) is 2.40. The van der Waals surface area contributed by atoms with Crippen LogP contribution < -0.4 is 5.32 Å². The first-order valence-corrected chi connectivity index (χ1v) is 9.18. The SMILES string of the molecule is CSc1ccc(NC2CCSc3ccc(Cl)cc32)cc1. The molecule has 0 amide bonds. The first-order chi connectivity index (χ1) is 9.76. The number of anilines is 1. The Morgan fingerprint density at radius 2 is 2.00 bits per heavy atom. The van der Waals surface area contributed by atoms with Gasteiger partial charge < -0.3 is 5.32 Å². The van der Waals surface area contributed by atoms with Crippen molar-refractivity contribution in [3.05, 3.63) is 53.1 Å². The normalized spacial score (nSPS) is 17.6. The summed E-state index contributed by atoms with van der Waals surface area (Å²) in [4.78, 5) is 2.64. The van der Waals surface area contributed by atoms with E-state index in [1.807, 2.05) is 17.8 Å². The maximum absolute atomic E-state index is 6.14. The van der Waals surface area contributed by atoms with E-state index >= 15 is 0 Å². The van der Waals surface area contributed by atoms with Gasteiger partial charge in [-0.1, -0.05) is 11.6 Å². The van der Waals surface area contributed by atoms with Crippen molar-refractivity contribution in [2.75, 3.05) is 17.3 Å². The second-order valence-corrected chi connectivity index (χ2v) is 7.20. The molecule has 2 aromatic rings. The molecule has 1 unspecified atom stereocenters. The molecule has 0 saturated heterocycles. The molecule has 1 N–H and O–H groups in total. The van der Waals surface area contributed by atoms with Gasteiger partial charge in [0.25, 0.3) is 0 Å². The molecule has 1 heterocycles. The van der Waals surface area contributed by atoms with Crippen molar-refractivity contribution in [3.8, 4) is 0 Å². The fourth-order valence-corrected chi connectivity index (χ4v) is 4.10. The van der Waals surface area contributed by atoms with Crippen LogP contribution in [-0.2, 0) is 0 Å². The lowest BCUT2D eigenvalue weighted by atomic mass is 10.0. The van der Waals surface area contributed by atoms with Crippen LogP contribution >= 0.6 is 35.1 Å². The van der Waals surface area contributed by atoms with E-state index in [1.165, 1.54) is 21.0 Å². The number of thioether (sulfide) groups is 2.